The quantitative estimate of drug-likeness (QED) is 0.298. The summed E-state index contributed by atoms with van der Waals surface area (Å²) in [6, 6.07) is 5.35. The van der Waals surface area contributed by atoms with Gasteiger partial charge in [0.2, 0.25) is 5.88 Å². The van der Waals surface area contributed by atoms with Crippen molar-refractivity contribution in [2.24, 2.45) is 5.73 Å². The summed E-state index contributed by atoms with van der Waals surface area (Å²) < 4.78 is 35.6. The predicted octanol–water partition coefficient (Wildman–Crippen LogP) is 5.39. The molecule has 0 saturated carbocycles. The molecule has 0 saturated heterocycles. The summed E-state index contributed by atoms with van der Waals surface area (Å²) in [5, 5.41) is 4.23. The van der Waals surface area contributed by atoms with Gasteiger partial charge in [-0.05, 0) is 70.2 Å². The zero-order valence-electron chi connectivity index (χ0n) is 25.1. The van der Waals surface area contributed by atoms with E-state index in [9.17, 15) is 13.2 Å². The number of rotatable bonds is 10. The van der Waals surface area contributed by atoms with E-state index < -0.39 is 32.3 Å². The first kappa shape index (κ1) is 30.6. The number of carbonyl (C=O) groups is 1. The first-order valence-corrected chi connectivity index (χ1v) is 15.9. The second-order valence-electron chi connectivity index (χ2n) is 12.0. The fraction of sp³-hybridized carbons (Fsp3) is 0.533. The van der Waals surface area contributed by atoms with Crippen molar-refractivity contribution in [3.05, 3.63) is 47.4 Å². The Bertz CT molecular complexity index is 1570. The smallest absolute Gasteiger partial charge is 0.340 e. The highest BCUT2D eigenvalue weighted by Crippen LogP contribution is 2.39. The van der Waals surface area contributed by atoms with Crippen LogP contribution in [0.2, 0.25) is 0 Å². The van der Waals surface area contributed by atoms with Crippen molar-refractivity contribution in [1.82, 2.24) is 15.0 Å². The van der Waals surface area contributed by atoms with Crippen LogP contribution in [0.4, 0.5) is 11.6 Å². The van der Waals surface area contributed by atoms with Crippen molar-refractivity contribution in [3.63, 3.8) is 0 Å². The second kappa shape index (κ2) is 11.2. The summed E-state index contributed by atoms with van der Waals surface area (Å²) >= 11 is 0. The minimum Gasteiger partial charge on any atom is -0.474 e. The van der Waals surface area contributed by atoms with Crippen LogP contribution in [-0.2, 0) is 20.1 Å². The molecule has 0 aliphatic carbocycles. The summed E-state index contributed by atoms with van der Waals surface area (Å²) in [5.74, 6) is 0.976. The van der Waals surface area contributed by atoms with E-state index in [1.54, 1.807) is 31.5 Å². The monoisotopic (exact) mass is 583 g/mol. The highest BCUT2D eigenvalue weighted by atomic mass is 32.2. The molecule has 0 spiro atoms. The average Bonchev–Trinajstić information content (AvgIpc) is 2.86. The van der Waals surface area contributed by atoms with Gasteiger partial charge in [0.15, 0.2) is 0 Å². The number of nitrogens with one attached hydrogen (secondary N) is 1. The SMILES string of the molecule is CCC[C@@](C)(N)c1cnc(O[C@H](C)C[C@@H](C)S(C)(=O)=O)c2cnc(Nc3ccc4c(n3)[C@@H](C)C(C)(C)OC4=O)cc12. The number of cyclic esters (lactones) is 1. The molecule has 0 unspecified atom stereocenters. The van der Waals surface area contributed by atoms with Gasteiger partial charge in [0.25, 0.3) is 0 Å². The highest BCUT2D eigenvalue weighted by molar-refractivity contribution is 7.91. The van der Waals surface area contributed by atoms with Crippen LogP contribution in [0, 0.1) is 0 Å². The largest absolute Gasteiger partial charge is 0.474 e. The molecular formula is C30H41N5O5S. The van der Waals surface area contributed by atoms with Crippen molar-refractivity contribution in [1.29, 1.82) is 0 Å². The van der Waals surface area contributed by atoms with Gasteiger partial charge in [-0.2, -0.15) is 0 Å². The molecule has 1 aliphatic rings. The van der Waals surface area contributed by atoms with Crippen LogP contribution in [0.1, 0.15) is 95.3 Å². The number of fused-ring (bicyclic) bond motifs is 2. The Labute approximate surface area is 242 Å². The van der Waals surface area contributed by atoms with E-state index in [-0.39, 0.29) is 11.9 Å². The van der Waals surface area contributed by atoms with Gasteiger partial charge >= 0.3 is 5.97 Å². The van der Waals surface area contributed by atoms with Gasteiger partial charge in [-0.25, -0.2) is 28.2 Å². The zero-order valence-corrected chi connectivity index (χ0v) is 25.9. The molecule has 3 aromatic rings. The minimum atomic E-state index is -3.19. The third-order valence-corrected chi connectivity index (χ3v) is 9.69. The lowest BCUT2D eigenvalue weighted by Crippen LogP contribution is -2.39. The summed E-state index contributed by atoms with van der Waals surface area (Å²) in [4.78, 5) is 26.5. The highest BCUT2D eigenvalue weighted by Gasteiger charge is 2.40. The number of hydrogen-bond acceptors (Lipinski definition) is 10. The molecule has 4 heterocycles. The normalized spacial score (nSPS) is 19.5. The van der Waals surface area contributed by atoms with E-state index in [4.69, 9.17) is 20.2 Å². The van der Waals surface area contributed by atoms with Crippen molar-refractivity contribution >= 4 is 38.2 Å². The van der Waals surface area contributed by atoms with Crippen LogP contribution in [-0.4, -0.2) is 52.5 Å². The number of pyridine rings is 3. The molecule has 0 fully saturated rings. The molecule has 4 rings (SSSR count). The van der Waals surface area contributed by atoms with E-state index >= 15 is 0 Å². The predicted molar refractivity (Wildman–Crippen MR) is 160 cm³/mol. The summed E-state index contributed by atoms with van der Waals surface area (Å²) in [7, 11) is -3.19. The van der Waals surface area contributed by atoms with Gasteiger partial charge in [-0.15, -0.1) is 0 Å². The summed E-state index contributed by atoms with van der Waals surface area (Å²) in [6.45, 7) is 13.3. The average molecular weight is 584 g/mol. The van der Waals surface area contributed by atoms with Crippen LogP contribution in [0.15, 0.2) is 30.6 Å². The van der Waals surface area contributed by atoms with Gasteiger partial charge in [-0.1, -0.05) is 20.3 Å². The third kappa shape index (κ3) is 6.46. The Morgan fingerprint density at radius 2 is 1.88 bits per heavy atom. The molecule has 10 nitrogen and oxygen atoms in total. The number of aromatic nitrogens is 3. The molecule has 3 aromatic heterocycles. The first-order valence-electron chi connectivity index (χ1n) is 14.0. The van der Waals surface area contributed by atoms with Crippen LogP contribution >= 0.6 is 0 Å². The van der Waals surface area contributed by atoms with Gasteiger partial charge in [0.05, 0.1) is 28.0 Å². The maximum absolute atomic E-state index is 12.5. The van der Waals surface area contributed by atoms with E-state index in [0.717, 1.165) is 23.8 Å². The number of esters is 1. The Hall–Kier alpha value is -3.31. The number of ether oxygens (including phenoxy) is 2. The van der Waals surface area contributed by atoms with Crippen molar-refractivity contribution < 1.29 is 22.7 Å². The first-order chi connectivity index (χ1) is 19.0. The van der Waals surface area contributed by atoms with Crippen LogP contribution < -0.4 is 15.8 Å². The molecular weight excluding hydrogens is 542 g/mol. The number of sulfone groups is 1. The summed E-state index contributed by atoms with van der Waals surface area (Å²) in [6.07, 6.45) is 6.21. The minimum absolute atomic E-state index is 0.0988. The molecule has 0 radical (unpaired) electrons. The van der Waals surface area contributed by atoms with E-state index in [0.29, 0.717) is 40.6 Å². The lowest BCUT2D eigenvalue weighted by molar-refractivity contribution is -0.0189. The van der Waals surface area contributed by atoms with Gasteiger partial charge in [0, 0.05) is 36.5 Å². The van der Waals surface area contributed by atoms with Crippen molar-refractivity contribution in [3.8, 4) is 5.88 Å². The standard InChI is InChI=1S/C30H41N5O5S/c1-9-12-30(7,31)23-16-33-27(39-17(2)13-18(3)41(8,37)38)22-15-32-25(14-21(22)23)34-24-11-10-20-26(35-24)19(4)29(5,6)40-28(20)36/h10-11,14-19H,9,12-13,31H2,1-8H3,(H,32,34,35)/t17-,18-,19-,30-/m1/s1. The fourth-order valence-electron chi connectivity index (χ4n) is 5.15. The second-order valence-corrected chi connectivity index (χ2v) is 14.5. The van der Waals surface area contributed by atoms with Crippen molar-refractivity contribution in [2.45, 2.75) is 96.1 Å². The van der Waals surface area contributed by atoms with Crippen molar-refractivity contribution in [2.75, 3.05) is 11.6 Å². The molecule has 41 heavy (non-hydrogen) atoms. The van der Waals surface area contributed by atoms with Crippen LogP contribution in [0.5, 0.6) is 5.88 Å². The van der Waals surface area contributed by atoms with E-state index in [2.05, 4.69) is 22.2 Å². The topological polar surface area (TPSA) is 146 Å². The fourth-order valence-corrected chi connectivity index (χ4v) is 5.77. The number of anilines is 2. The maximum Gasteiger partial charge on any atom is 0.340 e. The number of nitrogens with two attached hydrogens (primary N) is 1. The molecule has 3 N–H and O–H groups in total. The number of nitrogens with zero attached hydrogens (tertiary/aromatic N) is 3. The molecule has 0 amide bonds. The van der Waals surface area contributed by atoms with Gasteiger partial charge < -0.3 is 20.5 Å². The molecule has 11 heteroatoms. The molecule has 222 valence electrons. The number of hydrogen-bond donors (Lipinski definition) is 2. The molecule has 0 bridgehead atoms. The molecule has 1 aliphatic heterocycles. The van der Waals surface area contributed by atoms with Gasteiger partial charge in [-0.3, -0.25) is 0 Å². The Morgan fingerprint density at radius 1 is 1.17 bits per heavy atom. The van der Waals surface area contributed by atoms with Crippen LogP contribution in [0.3, 0.4) is 0 Å². The Morgan fingerprint density at radius 3 is 2.54 bits per heavy atom. The Kier molecular flexibility index (Phi) is 8.35. The zero-order chi connectivity index (χ0) is 30.3. The Balaban J connectivity index is 1.72. The lowest BCUT2D eigenvalue weighted by Gasteiger charge is -2.36. The van der Waals surface area contributed by atoms with E-state index in [1.165, 1.54) is 6.26 Å². The lowest BCUT2D eigenvalue weighted by atomic mass is 9.84. The summed E-state index contributed by atoms with van der Waals surface area (Å²) in [5.41, 5.74) is 7.43. The van der Waals surface area contributed by atoms with E-state index in [1.807, 2.05) is 40.7 Å². The number of carbonyl (C=O) groups excluding carboxylic acids is 1. The van der Waals surface area contributed by atoms with Gasteiger partial charge in [0.1, 0.15) is 27.1 Å². The third-order valence-electron chi connectivity index (χ3n) is 8.04. The van der Waals surface area contributed by atoms with Crippen LogP contribution in [0.25, 0.3) is 10.8 Å². The molecule has 0 aromatic carbocycles. The maximum atomic E-state index is 12.5. The molecule has 4 atom stereocenters.